The number of primary sulfonamides is 1. The molecule has 3 nitrogen and oxygen atoms in total. The van der Waals surface area contributed by atoms with Crippen LogP contribution >= 0.6 is 22.9 Å². The average Bonchev–Trinajstić information content (AvgIpc) is 2.95. The average molecular weight is 368 g/mol. The van der Waals surface area contributed by atoms with Crippen LogP contribution in [0.5, 0.6) is 0 Å². The molecule has 0 spiro atoms. The summed E-state index contributed by atoms with van der Waals surface area (Å²) in [4.78, 5) is -0.513. The van der Waals surface area contributed by atoms with Crippen molar-refractivity contribution in [1.29, 1.82) is 0 Å². The van der Waals surface area contributed by atoms with E-state index in [4.69, 9.17) is 16.7 Å². The van der Waals surface area contributed by atoms with Crippen molar-refractivity contribution < 1.29 is 12.8 Å². The lowest BCUT2D eigenvalue weighted by Gasteiger charge is -2.07. The van der Waals surface area contributed by atoms with E-state index >= 15 is 0 Å². The van der Waals surface area contributed by atoms with E-state index in [1.54, 1.807) is 12.1 Å². The molecule has 0 aliphatic carbocycles. The van der Waals surface area contributed by atoms with E-state index in [9.17, 15) is 12.8 Å². The van der Waals surface area contributed by atoms with Crippen molar-refractivity contribution in [1.82, 2.24) is 0 Å². The van der Waals surface area contributed by atoms with Gasteiger partial charge in [0.05, 0.1) is 0 Å². The fourth-order valence-electron chi connectivity index (χ4n) is 2.30. The highest BCUT2D eigenvalue weighted by molar-refractivity contribution is 7.89. The van der Waals surface area contributed by atoms with E-state index in [2.05, 4.69) is 0 Å². The summed E-state index contributed by atoms with van der Waals surface area (Å²) >= 11 is 7.49. The second-order valence-electron chi connectivity index (χ2n) is 4.90. The Labute approximate surface area is 142 Å². The molecule has 3 aromatic rings. The summed E-state index contributed by atoms with van der Waals surface area (Å²) in [6, 6.07) is 11.2. The monoisotopic (exact) mass is 367 g/mol. The van der Waals surface area contributed by atoms with Crippen molar-refractivity contribution in [3.8, 4) is 22.3 Å². The molecule has 0 amide bonds. The van der Waals surface area contributed by atoms with Gasteiger partial charge in [0.1, 0.15) is 10.7 Å². The maximum atomic E-state index is 14.1. The molecule has 1 aromatic heterocycles. The van der Waals surface area contributed by atoms with Gasteiger partial charge in [0.15, 0.2) is 0 Å². The maximum absolute atomic E-state index is 14.1. The molecule has 0 bridgehead atoms. The minimum atomic E-state index is -4.08. The SMILES string of the molecule is NS(=O)(=O)c1ccc(-c2cscc2-c2cccc(Cl)c2)cc1F. The molecule has 2 aromatic carbocycles. The first-order valence-corrected chi connectivity index (χ1v) is 9.38. The molecule has 0 unspecified atom stereocenters. The Morgan fingerprint density at radius 3 is 2.22 bits per heavy atom. The van der Waals surface area contributed by atoms with Crippen LogP contribution in [0.1, 0.15) is 0 Å². The van der Waals surface area contributed by atoms with Gasteiger partial charge in [0.2, 0.25) is 10.0 Å². The van der Waals surface area contributed by atoms with Gasteiger partial charge in [0, 0.05) is 16.1 Å². The van der Waals surface area contributed by atoms with Crippen LogP contribution in [-0.4, -0.2) is 8.42 Å². The number of sulfonamides is 1. The highest BCUT2D eigenvalue weighted by Gasteiger charge is 2.16. The third-order valence-corrected chi connectivity index (χ3v) is 5.27. The van der Waals surface area contributed by atoms with Gasteiger partial charge < -0.3 is 0 Å². The van der Waals surface area contributed by atoms with Gasteiger partial charge in [-0.1, -0.05) is 29.8 Å². The predicted octanol–water partition coefficient (Wildman–Crippen LogP) is 4.52. The molecule has 7 heteroatoms. The third-order valence-electron chi connectivity index (χ3n) is 3.35. The van der Waals surface area contributed by atoms with E-state index in [0.29, 0.717) is 10.6 Å². The number of thiophene rings is 1. The lowest BCUT2D eigenvalue weighted by atomic mass is 9.99. The van der Waals surface area contributed by atoms with Crippen molar-refractivity contribution in [2.45, 2.75) is 4.90 Å². The minimum absolute atomic E-state index is 0.513. The summed E-state index contributed by atoms with van der Waals surface area (Å²) in [6.07, 6.45) is 0. The molecule has 118 valence electrons. The molecule has 0 aliphatic rings. The Morgan fingerprint density at radius 2 is 1.65 bits per heavy atom. The van der Waals surface area contributed by atoms with E-state index < -0.39 is 20.7 Å². The topological polar surface area (TPSA) is 60.2 Å². The van der Waals surface area contributed by atoms with Crippen LogP contribution in [0.4, 0.5) is 4.39 Å². The number of rotatable bonds is 3. The van der Waals surface area contributed by atoms with Gasteiger partial charge in [-0.3, -0.25) is 0 Å². The van der Waals surface area contributed by atoms with E-state index in [0.717, 1.165) is 16.7 Å². The first kappa shape index (κ1) is 16.1. The van der Waals surface area contributed by atoms with Crippen molar-refractivity contribution in [2.24, 2.45) is 5.14 Å². The molecule has 2 N–H and O–H groups in total. The largest absolute Gasteiger partial charge is 0.240 e. The quantitative estimate of drug-likeness (QED) is 0.739. The number of hydrogen-bond acceptors (Lipinski definition) is 3. The Hall–Kier alpha value is -1.73. The normalized spacial score (nSPS) is 11.6. The van der Waals surface area contributed by atoms with Crippen molar-refractivity contribution in [2.75, 3.05) is 0 Å². The first-order chi connectivity index (χ1) is 10.9. The molecule has 1 heterocycles. The fourth-order valence-corrected chi connectivity index (χ4v) is 3.94. The molecule has 0 fully saturated rings. The minimum Gasteiger partial charge on any atom is -0.225 e. The van der Waals surface area contributed by atoms with Crippen LogP contribution in [-0.2, 0) is 10.0 Å². The zero-order chi connectivity index (χ0) is 16.6. The Bertz CT molecular complexity index is 983. The number of hydrogen-bond donors (Lipinski definition) is 1. The Kier molecular flexibility index (Phi) is 4.25. The Morgan fingerprint density at radius 1 is 1.00 bits per heavy atom. The second kappa shape index (κ2) is 6.05. The third kappa shape index (κ3) is 3.30. The highest BCUT2D eigenvalue weighted by atomic mass is 35.5. The highest BCUT2D eigenvalue weighted by Crippen LogP contribution is 2.36. The van der Waals surface area contributed by atoms with Gasteiger partial charge in [0.25, 0.3) is 0 Å². The van der Waals surface area contributed by atoms with Crippen LogP contribution < -0.4 is 5.14 Å². The number of nitrogens with two attached hydrogens (primary N) is 1. The van der Waals surface area contributed by atoms with Crippen molar-refractivity contribution in [3.63, 3.8) is 0 Å². The predicted molar refractivity (Wildman–Crippen MR) is 91.5 cm³/mol. The molecular weight excluding hydrogens is 357 g/mol. The number of benzene rings is 2. The van der Waals surface area contributed by atoms with Gasteiger partial charge in [-0.15, -0.1) is 0 Å². The summed E-state index contributed by atoms with van der Waals surface area (Å²) in [5, 5.41) is 9.40. The van der Waals surface area contributed by atoms with Crippen molar-refractivity contribution >= 4 is 33.0 Å². The summed E-state index contributed by atoms with van der Waals surface area (Å²) < 4.78 is 36.7. The zero-order valence-electron chi connectivity index (χ0n) is 11.7. The lowest BCUT2D eigenvalue weighted by Crippen LogP contribution is -2.13. The summed E-state index contributed by atoms with van der Waals surface area (Å²) in [7, 11) is -4.08. The van der Waals surface area contributed by atoms with Crippen LogP contribution in [0.15, 0.2) is 58.1 Å². The summed E-state index contributed by atoms with van der Waals surface area (Å²) in [6.45, 7) is 0. The molecule has 0 atom stereocenters. The van der Waals surface area contributed by atoms with Crippen LogP contribution in [0.2, 0.25) is 5.02 Å². The van der Waals surface area contributed by atoms with Gasteiger partial charge in [-0.2, -0.15) is 11.3 Å². The molecule has 23 heavy (non-hydrogen) atoms. The Balaban J connectivity index is 2.11. The summed E-state index contributed by atoms with van der Waals surface area (Å²) in [5.74, 6) is -0.867. The van der Waals surface area contributed by atoms with Crippen LogP contribution in [0.3, 0.4) is 0 Å². The molecule has 0 aliphatic heterocycles. The van der Waals surface area contributed by atoms with E-state index in [1.165, 1.54) is 23.5 Å². The fraction of sp³-hybridized carbons (Fsp3) is 0. The van der Waals surface area contributed by atoms with Gasteiger partial charge in [-0.05, 0) is 46.2 Å². The molecular formula is C16H11ClFNO2S2. The second-order valence-corrected chi connectivity index (χ2v) is 7.61. The summed E-state index contributed by atoms with van der Waals surface area (Å²) in [5.41, 5.74) is 3.19. The number of halogens is 2. The molecule has 3 rings (SSSR count). The zero-order valence-corrected chi connectivity index (χ0v) is 14.1. The van der Waals surface area contributed by atoms with Gasteiger partial charge in [-0.25, -0.2) is 17.9 Å². The maximum Gasteiger partial charge on any atom is 0.240 e. The molecule has 0 radical (unpaired) electrons. The lowest BCUT2D eigenvalue weighted by molar-refractivity contribution is 0.568. The molecule has 0 saturated carbocycles. The van der Waals surface area contributed by atoms with Crippen molar-refractivity contribution in [3.05, 3.63) is 64.1 Å². The first-order valence-electron chi connectivity index (χ1n) is 6.51. The van der Waals surface area contributed by atoms with E-state index in [-0.39, 0.29) is 0 Å². The van der Waals surface area contributed by atoms with Crippen LogP contribution in [0, 0.1) is 5.82 Å². The standard InChI is InChI=1S/C16H11ClFNO2S2/c17-12-3-1-2-10(6-12)13-8-22-9-14(13)11-4-5-16(15(18)7-11)23(19,20)21/h1-9H,(H2,19,20,21). The molecule has 0 saturated heterocycles. The van der Waals surface area contributed by atoms with E-state index in [1.807, 2.05) is 29.0 Å². The van der Waals surface area contributed by atoms with Gasteiger partial charge >= 0.3 is 0 Å². The smallest absolute Gasteiger partial charge is 0.225 e. The van der Waals surface area contributed by atoms with Crippen LogP contribution in [0.25, 0.3) is 22.3 Å².